The predicted octanol–water partition coefficient (Wildman–Crippen LogP) is 2.98. The van der Waals surface area contributed by atoms with E-state index in [4.69, 9.17) is 0 Å². The molecular weight excluding hydrogens is 276 g/mol. The Bertz CT molecular complexity index is 382. The zero-order valence-corrected chi connectivity index (χ0v) is 11.7. The molecule has 1 heterocycles. The normalized spacial score (nSPS) is 21.8. The van der Waals surface area contributed by atoms with Gasteiger partial charge >= 0.3 is 0 Å². The zero-order chi connectivity index (χ0) is 11.7. The molecule has 92 valence electrons. The Labute approximate surface area is 112 Å². The van der Waals surface area contributed by atoms with Gasteiger partial charge in [-0.05, 0) is 37.0 Å². The number of hydrogen-bond acceptors (Lipinski definition) is 2. The highest BCUT2D eigenvalue weighted by Crippen LogP contribution is 2.30. The summed E-state index contributed by atoms with van der Waals surface area (Å²) >= 11 is 3.54. The topological polar surface area (TPSA) is 6.48 Å². The summed E-state index contributed by atoms with van der Waals surface area (Å²) in [6, 6.07) is 8.64. The molecule has 3 heteroatoms. The van der Waals surface area contributed by atoms with Crippen molar-refractivity contribution < 1.29 is 0 Å². The lowest BCUT2D eigenvalue weighted by Gasteiger charge is -2.36. The number of hydrogen-bond donors (Lipinski definition) is 0. The van der Waals surface area contributed by atoms with Crippen LogP contribution in [0.1, 0.15) is 12.8 Å². The molecule has 1 saturated heterocycles. The van der Waals surface area contributed by atoms with Crippen LogP contribution in [-0.2, 0) is 0 Å². The van der Waals surface area contributed by atoms with Gasteiger partial charge in [-0.2, -0.15) is 0 Å². The molecule has 0 aromatic heterocycles. The van der Waals surface area contributed by atoms with Gasteiger partial charge in [0.25, 0.3) is 0 Å². The molecule has 17 heavy (non-hydrogen) atoms. The number of nitrogens with zero attached hydrogens (tertiary/aromatic N) is 2. The fourth-order valence-electron chi connectivity index (χ4n) is 2.53. The summed E-state index contributed by atoms with van der Waals surface area (Å²) in [4.78, 5) is 5.13. The molecule has 2 fully saturated rings. The maximum absolute atomic E-state index is 3.54. The predicted molar refractivity (Wildman–Crippen MR) is 75.5 cm³/mol. The summed E-state index contributed by atoms with van der Waals surface area (Å²) in [5.74, 6) is 1.02. The summed E-state index contributed by atoms with van der Waals surface area (Å²) in [6.07, 6.45) is 2.93. The van der Waals surface area contributed by atoms with Gasteiger partial charge in [0, 0.05) is 42.9 Å². The minimum atomic E-state index is 1.02. The Balaban J connectivity index is 1.56. The Morgan fingerprint density at radius 1 is 1.12 bits per heavy atom. The van der Waals surface area contributed by atoms with E-state index in [0.29, 0.717) is 0 Å². The largest absolute Gasteiger partial charge is 0.369 e. The average Bonchev–Trinajstić information content (AvgIpc) is 3.14. The molecule has 1 aliphatic heterocycles. The molecule has 1 aromatic carbocycles. The van der Waals surface area contributed by atoms with Gasteiger partial charge in [-0.1, -0.05) is 22.0 Å². The quantitative estimate of drug-likeness (QED) is 0.846. The van der Waals surface area contributed by atoms with Crippen LogP contribution in [0.3, 0.4) is 0 Å². The van der Waals surface area contributed by atoms with Crippen LogP contribution in [0.2, 0.25) is 0 Å². The zero-order valence-electron chi connectivity index (χ0n) is 10.1. The van der Waals surface area contributed by atoms with Crippen molar-refractivity contribution in [3.05, 3.63) is 28.7 Å². The van der Waals surface area contributed by atoms with Crippen LogP contribution in [0.5, 0.6) is 0 Å². The van der Waals surface area contributed by atoms with Crippen molar-refractivity contribution in [1.29, 1.82) is 0 Å². The SMILES string of the molecule is Brc1cccc(N2CCN(CC3CC3)CC2)c1. The Hall–Kier alpha value is -0.540. The number of piperazine rings is 1. The van der Waals surface area contributed by atoms with Gasteiger partial charge in [0.05, 0.1) is 0 Å². The van der Waals surface area contributed by atoms with Crippen molar-refractivity contribution in [1.82, 2.24) is 4.90 Å². The molecule has 3 rings (SSSR count). The minimum Gasteiger partial charge on any atom is -0.369 e. The lowest BCUT2D eigenvalue weighted by atomic mass is 10.2. The van der Waals surface area contributed by atoms with Crippen molar-refractivity contribution in [3.63, 3.8) is 0 Å². The van der Waals surface area contributed by atoms with Crippen molar-refractivity contribution in [3.8, 4) is 0 Å². The van der Waals surface area contributed by atoms with E-state index in [2.05, 4.69) is 50.0 Å². The first-order valence-corrected chi connectivity index (χ1v) is 7.33. The van der Waals surface area contributed by atoms with Crippen LogP contribution >= 0.6 is 15.9 Å². The van der Waals surface area contributed by atoms with Crippen LogP contribution in [0.4, 0.5) is 5.69 Å². The number of rotatable bonds is 3. The fourth-order valence-corrected chi connectivity index (χ4v) is 2.91. The second kappa shape index (κ2) is 4.99. The lowest BCUT2D eigenvalue weighted by molar-refractivity contribution is 0.248. The van der Waals surface area contributed by atoms with Crippen LogP contribution < -0.4 is 4.90 Å². The molecule has 1 saturated carbocycles. The molecule has 1 aromatic rings. The monoisotopic (exact) mass is 294 g/mol. The van der Waals surface area contributed by atoms with Gasteiger partial charge < -0.3 is 4.90 Å². The van der Waals surface area contributed by atoms with E-state index in [1.165, 1.54) is 55.7 Å². The molecule has 2 nitrogen and oxygen atoms in total. The molecule has 0 spiro atoms. The molecule has 0 amide bonds. The van der Waals surface area contributed by atoms with Crippen LogP contribution in [0.15, 0.2) is 28.7 Å². The van der Waals surface area contributed by atoms with E-state index in [1.54, 1.807) is 0 Å². The summed E-state index contributed by atoms with van der Waals surface area (Å²) in [7, 11) is 0. The van der Waals surface area contributed by atoms with Crippen LogP contribution in [-0.4, -0.2) is 37.6 Å². The molecule has 2 aliphatic rings. The minimum absolute atomic E-state index is 1.02. The van der Waals surface area contributed by atoms with E-state index < -0.39 is 0 Å². The molecule has 0 unspecified atom stereocenters. The van der Waals surface area contributed by atoms with Crippen molar-refractivity contribution in [2.75, 3.05) is 37.6 Å². The standard InChI is InChI=1S/C14H19BrN2/c15-13-2-1-3-14(10-13)17-8-6-16(7-9-17)11-12-4-5-12/h1-3,10,12H,4-9,11H2. The number of halogens is 1. The second-order valence-electron chi connectivity index (χ2n) is 5.21. The first-order chi connectivity index (χ1) is 8.31. The Kier molecular flexibility index (Phi) is 3.39. The van der Waals surface area contributed by atoms with Gasteiger partial charge in [-0.25, -0.2) is 0 Å². The summed E-state index contributed by atoms with van der Waals surface area (Å²) in [5.41, 5.74) is 1.35. The van der Waals surface area contributed by atoms with E-state index in [-0.39, 0.29) is 0 Å². The highest BCUT2D eigenvalue weighted by atomic mass is 79.9. The second-order valence-corrected chi connectivity index (χ2v) is 6.13. The Morgan fingerprint density at radius 3 is 2.53 bits per heavy atom. The van der Waals surface area contributed by atoms with E-state index in [1.807, 2.05) is 0 Å². The smallest absolute Gasteiger partial charge is 0.0378 e. The molecule has 0 N–H and O–H groups in total. The summed E-state index contributed by atoms with van der Waals surface area (Å²) in [6.45, 7) is 6.13. The van der Waals surface area contributed by atoms with Gasteiger partial charge in [0.1, 0.15) is 0 Å². The average molecular weight is 295 g/mol. The summed E-state index contributed by atoms with van der Waals surface area (Å²) in [5, 5.41) is 0. The highest BCUT2D eigenvalue weighted by Gasteiger charge is 2.26. The molecule has 0 atom stereocenters. The van der Waals surface area contributed by atoms with Gasteiger partial charge in [0.15, 0.2) is 0 Å². The third-order valence-electron chi connectivity index (χ3n) is 3.76. The Morgan fingerprint density at radius 2 is 1.88 bits per heavy atom. The van der Waals surface area contributed by atoms with Crippen molar-refractivity contribution in [2.45, 2.75) is 12.8 Å². The third kappa shape index (κ3) is 3.02. The first-order valence-electron chi connectivity index (χ1n) is 6.54. The van der Waals surface area contributed by atoms with Gasteiger partial charge in [-0.15, -0.1) is 0 Å². The number of benzene rings is 1. The molecule has 1 aliphatic carbocycles. The third-order valence-corrected chi connectivity index (χ3v) is 4.25. The molecule has 0 bridgehead atoms. The van der Waals surface area contributed by atoms with E-state index in [9.17, 15) is 0 Å². The lowest BCUT2D eigenvalue weighted by Crippen LogP contribution is -2.47. The van der Waals surface area contributed by atoms with Crippen molar-refractivity contribution >= 4 is 21.6 Å². The maximum Gasteiger partial charge on any atom is 0.0378 e. The molecule has 0 radical (unpaired) electrons. The van der Waals surface area contributed by atoms with E-state index in [0.717, 1.165) is 5.92 Å². The van der Waals surface area contributed by atoms with Crippen LogP contribution in [0.25, 0.3) is 0 Å². The maximum atomic E-state index is 3.54. The first kappa shape index (κ1) is 11.5. The van der Waals surface area contributed by atoms with Gasteiger partial charge in [0.2, 0.25) is 0 Å². The van der Waals surface area contributed by atoms with Crippen LogP contribution in [0, 0.1) is 5.92 Å². The van der Waals surface area contributed by atoms with E-state index >= 15 is 0 Å². The molecular formula is C14H19BrN2. The fraction of sp³-hybridized carbons (Fsp3) is 0.571. The summed E-state index contributed by atoms with van der Waals surface area (Å²) < 4.78 is 1.18. The van der Waals surface area contributed by atoms with Gasteiger partial charge in [-0.3, -0.25) is 4.90 Å². The number of anilines is 1. The highest BCUT2D eigenvalue weighted by molar-refractivity contribution is 9.10. The van der Waals surface area contributed by atoms with Crippen molar-refractivity contribution in [2.24, 2.45) is 5.92 Å².